The van der Waals surface area contributed by atoms with Crippen molar-refractivity contribution >= 4 is 21.4 Å². The molecular formula is C12H15N5O4S. The number of hydrogen-bond acceptors (Lipinski definition) is 7. The van der Waals surface area contributed by atoms with E-state index in [2.05, 4.69) is 20.6 Å². The van der Waals surface area contributed by atoms with Crippen LogP contribution in [0.3, 0.4) is 0 Å². The third kappa shape index (κ3) is 2.86. The standard InChI is InChI=1S/C12H15N5O4S/c1-21-11-3-2-9-14-15-10(17(9)16-11)6-13-12(18)8-4-5-22(19,20)7-8/h2-3,8H,4-7H2,1H3,(H,13,18)/t8-/m0/s1. The monoisotopic (exact) mass is 325 g/mol. The average Bonchev–Trinajstić information content (AvgIpc) is 3.07. The Kier molecular flexibility index (Phi) is 3.69. The zero-order chi connectivity index (χ0) is 15.7. The molecule has 1 N–H and O–H groups in total. The number of nitrogens with zero attached hydrogens (tertiary/aromatic N) is 4. The predicted octanol–water partition coefficient (Wildman–Crippen LogP) is -0.816. The van der Waals surface area contributed by atoms with E-state index in [-0.39, 0.29) is 24.0 Å². The number of rotatable bonds is 4. The maximum atomic E-state index is 12.0. The van der Waals surface area contributed by atoms with Crippen molar-refractivity contribution in [2.75, 3.05) is 18.6 Å². The number of carbonyl (C=O) groups is 1. The highest BCUT2D eigenvalue weighted by Gasteiger charge is 2.32. The summed E-state index contributed by atoms with van der Waals surface area (Å²) in [6.45, 7) is 0.122. The highest BCUT2D eigenvalue weighted by atomic mass is 32.2. The molecule has 1 atom stereocenters. The lowest BCUT2D eigenvalue weighted by Gasteiger charge is -2.08. The van der Waals surface area contributed by atoms with Crippen LogP contribution in [0.2, 0.25) is 0 Å². The topological polar surface area (TPSA) is 116 Å². The van der Waals surface area contributed by atoms with E-state index in [0.29, 0.717) is 23.8 Å². The number of sulfone groups is 1. The second kappa shape index (κ2) is 5.52. The molecule has 9 nitrogen and oxygen atoms in total. The summed E-state index contributed by atoms with van der Waals surface area (Å²) in [4.78, 5) is 12.0. The Bertz CT molecular complexity index is 816. The van der Waals surface area contributed by atoms with E-state index in [9.17, 15) is 13.2 Å². The number of aromatic nitrogens is 4. The molecule has 0 radical (unpaired) electrons. The molecule has 118 valence electrons. The first-order valence-electron chi connectivity index (χ1n) is 6.72. The molecule has 0 spiro atoms. The Balaban J connectivity index is 1.70. The van der Waals surface area contributed by atoms with Gasteiger partial charge in [0.2, 0.25) is 11.8 Å². The Labute approximate surface area is 126 Å². The Morgan fingerprint density at radius 3 is 2.95 bits per heavy atom. The van der Waals surface area contributed by atoms with E-state index < -0.39 is 15.8 Å². The van der Waals surface area contributed by atoms with E-state index in [1.165, 1.54) is 11.6 Å². The minimum absolute atomic E-state index is 0.0672. The van der Waals surface area contributed by atoms with Gasteiger partial charge in [-0.3, -0.25) is 4.79 Å². The molecule has 0 aliphatic carbocycles. The van der Waals surface area contributed by atoms with Crippen molar-refractivity contribution in [1.82, 2.24) is 25.1 Å². The van der Waals surface area contributed by atoms with Gasteiger partial charge in [0, 0.05) is 6.07 Å². The SMILES string of the molecule is COc1ccc2nnc(CNC(=O)[C@H]3CCS(=O)(=O)C3)n2n1. The highest BCUT2D eigenvalue weighted by molar-refractivity contribution is 7.91. The van der Waals surface area contributed by atoms with Crippen LogP contribution in [0.5, 0.6) is 5.88 Å². The largest absolute Gasteiger partial charge is 0.480 e. The van der Waals surface area contributed by atoms with Gasteiger partial charge in [0.25, 0.3) is 0 Å². The molecule has 0 saturated carbocycles. The molecule has 0 bridgehead atoms. The third-order valence-corrected chi connectivity index (χ3v) is 5.30. The molecule has 3 heterocycles. The minimum Gasteiger partial charge on any atom is -0.480 e. The van der Waals surface area contributed by atoms with Crippen LogP contribution in [-0.4, -0.2) is 52.8 Å². The molecule has 1 aliphatic rings. The Morgan fingerprint density at radius 2 is 2.27 bits per heavy atom. The Morgan fingerprint density at radius 1 is 1.45 bits per heavy atom. The summed E-state index contributed by atoms with van der Waals surface area (Å²) in [7, 11) is -1.58. The maximum Gasteiger partial charge on any atom is 0.231 e. The van der Waals surface area contributed by atoms with Crippen molar-refractivity contribution in [1.29, 1.82) is 0 Å². The van der Waals surface area contributed by atoms with Crippen LogP contribution in [0.1, 0.15) is 12.2 Å². The van der Waals surface area contributed by atoms with Crippen molar-refractivity contribution < 1.29 is 17.9 Å². The van der Waals surface area contributed by atoms with E-state index in [4.69, 9.17) is 4.74 Å². The van der Waals surface area contributed by atoms with Gasteiger partial charge in [-0.2, -0.15) is 4.52 Å². The van der Waals surface area contributed by atoms with Gasteiger partial charge in [-0.05, 0) is 12.5 Å². The summed E-state index contributed by atoms with van der Waals surface area (Å²) in [5.74, 6) is 0.0423. The molecule has 1 fully saturated rings. The van der Waals surface area contributed by atoms with Gasteiger partial charge in [0.05, 0.1) is 31.1 Å². The van der Waals surface area contributed by atoms with E-state index in [1.807, 2.05) is 0 Å². The van der Waals surface area contributed by atoms with Gasteiger partial charge in [-0.25, -0.2) is 8.42 Å². The zero-order valence-corrected chi connectivity index (χ0v) is 12.7. The van der Waals surface area contributed by atoms with Crippen molar-refractivity contribution in [3.05, 3.63) is 18.0 Å². The first kappa shape index (κ1) is 14.7. The molecular weight excluding hydrogens is 310 g/mol. The highest BCUT2D eigenvalue weighted by Crippen LogP contribution is 2.18. The van der Waals surface area contributed by atoms with Crippen LogP contribution in [-0.2, 0) is 21.2 Å². The molecule has 0 unspecified atom stereocenters. The van der Waals surface area contributed by atoms with Gasteiger partial charge in [0.1, 0.15) is 0 Å². The lowest BCUT2D eigenvalue weighted by atomic mass is 10.1. The fourth-order valence-corrected chi connectivity index (χ4v) is 4.09. The minimum atomic E-state index is -3.08. The van der Waals surface area contributed by atoms with Gasteiger partial charge >= 0.3 is 0 Å². The molecule has 3 rings (SSSR count). The second-order valence-electron chi connectivity index (χ2n) is 5.08. The average molecular weight is 325 g/mol. The van der Waals surface area contributed by atoms with Gasteiger partial charge in [-0.15, -0.1) is 15.3 Å². The lowest BCUT2D eigenvalue weighted by molar-refractivity contribution is -0.124. The number of ether oxygens (including phenoxy) is 1. The summed E-state index contributed by atoms with van der Waals surface area (Å²) in [6.07, 6.45) is 0.362. The van der Waals surface area contributed by atoms with Crippen LogP contribution in [0.25, 0.3) is 5.65 Å². The predicted molar refractivity (Wildman–Crippen MR) is 75.9 cm³/mol. The normalized spacial score (nSPS) is 20.1. The van der Waals surface area contributed by atoms with Crippen molar-refractivity contribution in [2.24, 2.45) is 5.92 Å². The van der Waals surface area contributed by atoms with Crippen LogP contribution >= 0.6 is 0 Å². The number of amides is 1. The summed E-state index contributed by atoms with van der Waals surface area (Å²) in [5.41, 5.74) is 0.536. The van der Waals surface area contributed by atoms with E-state index >= 15 is 0 Å². The summed E-state index contributed by atoms with van der Waals surface area (Å²) >= 11 is 0. The van der Waals surface area contributed by atoms with E-state index in [1.54, 1.807) is 12.1 Å². The number of carbonyl (C=O) groups excluding carboxylic acids is 1. The fourth-order valence-electron chi connectivity index (χ4n) is 2.35. The molecule has 10 heteroatoms. The maximum absolute atomic E-state index is 12.0. The summed E-state index contributed by atoms with van der Waals surface area (Å²) in [6, 6.07) is 3.36. The number of fused-ring (bicyclic) bond motifs is 1. The van der Waals surface area contributed by atoms with Crippen LogP contribution < -0.4 is 10.1 Å². The molecule has 2 aromatic rings. The van der Waals surface area contributed by atoms with Gasteiger partial charge in [0.15, 0.2) is 21.3 Å². The summed E-state index contributed by atoms with van der Waals surface area (Å²) in [5, 5.41) is 14.8. The molecule has 2 aromatic heterocycles. The Hall–Kier alpha value is -2.23. The number of methoxy groups -OCH3 is 1. The number of nitrogens with one attached hydrogen (secondary N) is 1. The van der Waals surface area contributed by atoms with Gasteiger partial charge in [-0.1, -0.05) is 0 Å². The van der Waals surface area contributed by atoms with Crippen molar-refractivity contribution in [3.63, 3.8) is 0 Å². The van der Waals surface area contributed by atoms with Crippen LogP contribution in [0.4, 0.5) is 0 Å². The lowest BCUT2D eigenvalue weighted by Crippen LogP contribution is -2.31. The first-order valence-corrected chi connectivity index (χ1v) is 8.54. The fraction of sp³-hybridized carbons (Fsp3) is 0.500. The quantitative estimate of drug-likeness (QED) is 0.781. The van der Waals surface area contributed by atoms with Gasteiger partial charge < -0.3 is 10.1 Å². The third-order valence-electron chi connectivity index (χ3n) is 3.54. The zero-order valence-electron chi connectivity index (χ0n) is 11.9. The van der Waals surface area contributed by atoms with Crippen molar-refractivity contribution in [3.8, 4) is 5.88 Å². The molecule has 0 aromatic carbocycles. The summed E-state index contributed by atoms with van der Waals surface area (Å²) < 4.78 is 29.3. The molecule has 1 amide bonds. The molecule has 22 heavy (non-hydrogen) atoms. The molecule has 1 saturated heterocycles. The smallest absolute Gasteiger partial charge is 0.231 e. The second-order valence-corrected chi connectivity index (χ2v) is 7.31. The van der Waals surface area contributed by atoms with Crippen LogP contribution in [0, 0.1) is 5.92 Å². The number of hydrogen-bond donors (Lipinski definition) is 1. The van der Waals surface area contributed by atoms with Crippen molar-refractivity contribution in [2.45, 2.75) is 13.0 Å². The van der Waals surface area contributed by atoms with E-state index in [0.717, 1.165) is 0 Å². The first-order chi connectivity index (χ1) is 10.5. The molecule has 1 aliphatic heterocycles. The van der Waals surface area contributed by atoms with Crippen LogP contribution in [0.15, 0.2) is 12.1 Å².